The third-order valence-electron chi connectivity index (χ3n) is 6.18. The van der Waals surface area contributed by atoms with Gasteiger partial charge in [-0.2, -0.15) is 0 Å². The summed E-state index contributed by atoms with van der Waals surface area (Å²) in [4.78, 5) is 14.7. The number of hydrogen-bond donors (Lipinski definition) is 0. The van der Waals surface area contributed by atoms with E-state index in [0.717, 1.165) is 12.2 Å². The fourth-order valence-corrected chi connectivity index (χ4v) is 4.19. The van der Waals surface area contributed by atoms with Gasteiger partial charge in [-0.1, -0.05) is 51.1 Å². The summed E-state index contributed by atoms with van der Waals surface area (Å²) in [7, 11) is 1.75. The Kier molecular flexibility index (Phi) is 8.27. The van der Waals surface area contributed by atoms with Crippen LogP contribution < -0.4 is 4.74 Å². The second-order valence-corrected chi connectivity index (χ2v) is 14.2. The molecule has 0 fully saturated rings. The first-order chi connectivity index (χ1) is 14.0. The summed E-state index contributed by atoms with van der Waals surface area (Å²) >= 11 is 0. The molecule has 4 nitrogen and oxygen atoms in total. The predicted molar refractivity (Wildman–Crippen MR) is 127 cm³/mol. The Hall–Kier alpha value is -2.11. The Morgan fingerprint density at radius 1 is 1.03 bits per heavy atom. The van der Waals surface area contributed by atoms with Crippen LogP contribution in [0.3, 0.4) is 0 Å². The van der Waals surface area contributed by atoms with Gasteiger partial charge in [0, 0.05) is 31.7 Å². The van der Waals surface area contributed by atoms with E-state index in [-0.39, 0.29) is 16.9 Å². The number of carbonyl (C=O) groups excluding carboxylic acids is 1. The van der Waals surface area contributed by atoms with Crippen molar-refractivity contribution in [1.29, 1.82) is 0 Å². The molecule has 0 spiro atoms. The zero-order valence-corrected chi connectivity index (χ0v) is 20.6. The highest BCUT2D eigenvalue weighted by Gasteiger charge is 2.37. The van der Waals surface area contributed by atoms with Crippen LogP contribution in [0.2, 0.25) is 18.1 Å². The van der Waals surface area contributed by atoms with Crippen LogP contribution in [0.1, 0.15) is 49.0 Å². The Bertz CT molecular complexity index is 797. The Labute approximate surface area is 183 Å². The molecule has 0 N–H and O–H groups in total. The lowest BCUT2D eigenvalue weighted by Crippen LogP contribution is -2.41. The predicted octanol–water partition coefficient (Wildman–Crippen LogP) is 5.96. The minimum absolute atomic E-state index is 0.0411. The molecule has 0 aliphatic carbocycles. The number of hydrogen-bond acceptors (Lipinski definition) is 3. The van der Waals surface area contributed by atoms with E-state index in [0.29, 0.717) is 18.7 Å². The molecule has 0 aromatic heterocycles. The smallest absolute Gasteiger partial charge is 0.253 e. The summed E-state index contributed by atoms with van der Waals surface area (Å²) in [6.45, 7) is 12.7. The van der Waals surface area contributed by atoms with E-state index in [1.165, 1.54) is 5.56 Å². The van der Waals surface area contributed by atoms with Gasteiger partial charge in [-0.3, -0.25) is 4.79 Å². The number of likely N-dealkylation sites (N-methyl/N-ethyl adjacent to an activating group) is 1. The molecule has 2 aromatic carbocycles. The van der Waals surface area contributed by atoms with Crippen molar-refractivity contribution in [2.45, 2.75) is 51.2 Å². The maximum atomic E-state index is 12.9. The topological polar surface area (TPSA) is 38.8 Å². The van der Waals surface area contributed by atoms with Crippen molar-refractivity contribution in [2.75, 3.05) is 27.3 Å². The van der Waals surface area contributed by atoms with Gasteiger partial charge in [-0.15, -0.1) is 0 Å². The van der Waals surface area contributed by atoms with Gasteiger partial charge in [-0.05, 0) is 54.4 Å². The average Bonchev–Trinajstić information content (AvgIpc) is 2.72. The number of methoxy groups -OCH3 is 1. The van der Waals surface area contributed by atoms with E-state index in [1.807, 2.05) is 54.4 Å². The maximum absolute atomic E-state index is 12.9. The molecule has 0 saturated carbocycles. The number of carbonyl (C=O) groups is 1. The number of amides is 1. The lowest BCUT2D eigenvalue weighted by Gasteiger charge is -2.36. The molecule has 1 atom stereocenters. The van der Waals surface area contributed by atoms with Gasteiger partial charge >= 0.3 is 0 Å². The lowest BCUT2D eigenvalue weighted by atomic mass is 9.95. The van der Waals surface area contributed by atoms with Gasteiger partial charge in [0.1, 0.15) is 5.75 Å². The molecule has 0 saturated heterocycles. The zero-order valence-electron chi connectivity index (χ0n) is 19.6. The third-order valence-corrected chi connectivity index (χ3v) is 10.7. The molecule has 164 valence electrons. The van der Waals surface area contributed by atoms with Gasteiger partial charge in [0.2, 0.25) is 0 Å². The minimum Gasteiger partial charge on any atom is -0.497 e. The van der Waals surface area contributed by atoms with Crippen molar-refractivity contribution >= 4 is 14.2 Å². The van der Waals surface area contributed by atoms with Crippen molar-refractivity contribution in [3.05, 3.63) is 65.7 Å². The lowest BCUT2D eigenvalue weighted by molar-refractivity contribution is 0.0781. The SMILES string of the molecule is COc1ccc(C(CCO[Si](C)(C)C(C)(C)C)CN(C)C(=O)c2ccccc2)cc1. The summed E-state index contributed by atoms with van der Waals surface area (Å²) in [6.07, 6.45) is 0.866. The average molecular weight is 428 g/mol. The van der Waals surface area contributed by atoms with Crippen molar-refractivity contribution < 1.29 is 14.0 Å². The molecule has 0 aliphatic heterocycles. The molecule has 2 rings (SSSR count). The summed E-state index contributed by atoms with van der Waals surface area (Å²) in [5.74, 6) is 1.07. The summed E-state index contributed by atoms with van der Waals surface area (Å²) in [5, 5.41) is 0.183. The van der Waals surface area contributed by atoms with Crippen molar-refractivity contribution in [2.24, 2.45) is 0 Å². The van der Waals surface area contributed by atoms with Crippen LogP contribution in [0.15, 0.2) is 54.6 Å². The quantitative estimate of drug-likeness (QED) is 0.463. The van der Waals surface area contributed by atoms with Crippen LogP contribution in [0.5, 0.6) is 5.75 Å². The van der Waals surface area contributed by atoms with Crippen molar-refractivity contribution in [3.8, 4) is 5.75 Å². The van der Waals surface area contributed by atoms with E-state index in [4.69, 9.17) is 9.16 Å². The molecule has 30 heavy (non-hydrogen) atoms. The van der Waals surface area contributed by atoms with Crippen LogP contribution in [0.25, 0.3) is 0 Å². The van der Waals surface area contributed by atoms with Crippen molar-refractivity contribution in [3.63, 3.8) is 0 Å². The first-order valence-corrected chi connectivity index (χ1v) is 13.5. The largest absolute Gasteiger partial charge is 0.497 e. The van der Waals surface area contributed by atoms with Gasteiger partial charge in [0.15, 0.2) is 8.32 Å². The summed E-state index contributed by atoms with van der Waals surface area (Å²) < 4.78 is 11.7. The van der Waals surface area contributed by atoms with Gasteiger partial charge in [0.05, 0.1) is 7.11 Å². The van der Waals surface area contributed by atoms with Crippen LogP contribution >= 0.6 is 0 Å². The molecule has 1 unspecified atom stereocenters. The first-order valence-electron chi connectivity index (χ1n) is 10.6. The van der Waals surface area contributed by atoms with Crippen LogP contribution in [0.4, 0.5) is 0 Å². The molecule has 0 radical (unpaired) electrons. The van der Waals surface area contributed by atoms with Crippen molar-refractivity contribution in [1.82, 2.24) is 4.90 Å². The van der Waals surface area contributed by atoms with Gasteiger partial charge in [-0.25, -0.2) is 0 Å². The fourth-order valence-electron chi connectivity index (χ4n) is 3.13. The van der Waals surface area contributed by atoms with E-state index in [2.05, 4.69) is 46.0 Å². The molecular formula is C25H37NO3Si. The highest BCUT2D eigenvalue weighted by Crippen LogP contribution is 2.37. The van der Waals surface area contributed by atoms with Crippen LogP contribution in [-0.4, -0.2) is 46.4 Å². The molecule has 0 aliphatic rings. The van der Waals surface area contributed by atoms with E-state index in [1.54, 1.807) is 7.11 Å². The standard InChI is InChI=1S/C25H37NO3Si/c1-25(2,3)30(6,7)29-18-17-22(20-13-15-23(28-5)16-14-20)19-26(4)24(27)21-11-9-8-10-12-21/h8-16,22H,17-19H2,1-7H3. The third kappa shape index (κ3) is 6.44. The fraction of sp³-hybridized carbons (Fsp3) is 0.480. The maximum Gasteiger partial charge on any atom is 0.253 e. The van der Waals surface area contributed by atoms with Crippen LogP contribution in [0, 0.1) is 0 Å². The van der Waals surface area contributed by atoms with E-state index in [9.17, 15) is 4.79 Å². The zero-order chi connectivity index (χ0) is 22.4. The molecule has 1 amide bonds. The van der Waals surface area contributed by atoms with Gasteiger partial charge in [0.25, 0.3) is 5.91 Å². The molecule has 2 aromatic rings. The molecule has 5 heteroatoms. The van der Waals surface area contributed by atoms with Gasteiger partial charge < -0.3 is 14.1 Å². The second kappa shape index (κ2) is 10.3. The summed E-state index contributed by atoms with van der Waals surface area (Å²) in [5.41, 5.74) is 1.91. The number of benzene rings is 2. The monoisotopic (exact) mass is 427 g/mol. The number of nitrogens with zero attached hydrogens (tertiary/aromatic N) is 1. The Morgan fingerprint density at radius 3 is 2.17 bits per heavy atom. The normalized spacial score (nSPS) is 13.0. The number of rotatable bonds is 9. The Balaban J connectivity index is 2.13. The minimum atomic E-state index is -1.80. The second-order valence-electron chi connectivity index (χ2n) is 9.42. The molecule has 0 heterocycles. The van der Waals surface area contributed by atoms with Crippen LogP contribution in [-0.2, 0) is 4.43 Å². The van der Waals surface area contributed by atoms with E-state index < -0.39 is 8.32 Å². The highest BCUT2D eigenvalue weighted by atomic mass is 28.4. The Morgan fingerprint density at radius 2 is 1.63 bits per heavy atom. The molecule has 0 bridgehead atoms. The first kappa shape index (κ1) is 24.2. The number of ether oxygens (including phenoxy) is 1. The molecular weight excluding hydrogens is 390 g/mol. The van der Waals surface area contributed by atoms with E-state index >= 15 is 0 Å². The highest BCUT2D eigenvalue weighted by molar-refractivity contribution is 6.74. The summed E-state index contributed by atoms with van der Waals surface area (Å²) in [6, 6.07) is 17.6.